The Morgan fingerprint density at radius 3 is 2.55 bits per heavy atom. The summed E-state index contributed by atoms with van der Waals surface area (Å²) in [6, 6.07) is 1.00. The summed E-state index contributed by atoms with van der Waals surface area (Å²) < 4.78 is 44.0. The summed E-state index contributed by atoms with van der Waals surface area (Å²) in [4.78, 5) is 10.3. The minimum Gasteiger partial charge on any atom is -0.393 e. The standard InChI is InChI=1S/C20H31FN6O3S/c1-14(28)20(2,3)13-24-31(29,30)16-11-17(21)18(23-12-16)25-15-5-8-27(9-6-15)19-22-7-10-26(19)4/h7,10-12,14-15,24,28H,5-6,8-9,13H2,1-4H3,(H,23,25). The summed E-state index contributed by atoms with van der Waals surface area (Å²) in [5.41, 5.74) is -0.662. The monoisotopic (exact) mass is 454 g/mol. The van der Waals surface area contributed by atoms with Crippen LogP contribution in [-0.2, 0) is 17.1 Å². The van der Waals surface area contributed by atoms with Crippen LogP contribution in [0.5, 0.6) is 0 Å². The molecule has 1 atom stereocenters. The van der Waals surface area contributed by atoms with E-state index in [1.165, 1.54) is 0 Å². The van der Waals surface area contributed by atoms with Gasteiger partial charge in [0, 0.05) is 56.7 Å². The molecule has 0 aromatic carbocycles. The fourth-order valence-electron chi connectivity index (χ4n) is 3.27. The Balaban J connectivity index is 1.60. The third kappa shape index (κ3) is 5.52. The van der Waals surface area contributed by atoms with Crippen molar-refractivity contribution in [2.75, 3.05) is 29.9 Å². The van der Waals surface area contributed by atoms with Crippen LogP contribution in [-0.4, -0.2) is 59.8 Å². The minimum absolute atomic E-state index is 0.0171. The van der Waals surface area contributed by atoms with E-state index >= 15 is 0 Å². The molecule has 11 heteroatoms. The van der Waals surface area contributed by atoms with Gasteiger partial charge in [0.25, 0.3) is 0 Å². The van der Waals surface area contributed by atoms with Crippen LogP contribution in [0.4, 0.5) is 16.2 Å². The number of aromatic nitrogens is 3. The maximum Gasteiger partial charge on any atom is 0.242 e. The topological polar surface area (TPSA) is 112 Å². The molecule has 3 heterocycles. The lowest BCUT2D eigenvalue weighted by molar-refractivity contribution is 0.0700. The molecular weight excluding hydrogens is 423 g/mol. The molecule has 3 rings (SSSR count). The second-order valence-electron chi connectivity index (χ2n) is 8.73. The van der Waals surface area contributed by atoms with Gasteiger partial charge in [-0.1, -0.05) is 13.8 Å². The van der Waals surface area contributed by atoms with Crippen molar-refractivity contribution in [1.29, 1.82) is 0 Å². The van der Waals surface area contributed by atoms with E-state index in [1.807, 2.05) is 17.8 Å². The third-order valence-electron chi connectivity index (χ3n) is 5.89. The van der Waals surface area contributed by atoms with Gasteiger partial charge in [-0.25, -0.2) is 27.5 Å². The molecule has 1 unspecified atom stereocenters. The molecule has 2 aromatic heterocycles. The molecule has 31 heavy (non-hydrogen) atoms. The maximum absolute atomic E-state index is 14.6. The van der Waals surface area contributed by atoms with Crippen molar-refractivity contribution in [2.45, 2.75) is 50.7 Å². The van der Waals surface area contributed by atoms with Gasteiger partial charge in [-0.05, 0) is 25.8 Å². The lowest BCUT2D eigenvalue weighted by Gasteiger charge is -2.33. The first-order valence-electron chi connectivity index (χ1n) is 10.3. The van der Waals surface area contributed by atoms with Crippen LogP contribution >= 0.6 is 0 Å². The van der Waals surface area contributed by atoms with Gasteiger partial charge in [0.2, 0.25) is 16.0 Å². The summed E-state index contributed by atoms with van der Waals surface area (Å²) in [6.45, 7) is 6.65. The number of aliphatic hydroxyl groups is 1. The zero-order chi connectivity index (χ0) is 22.8. The molecule has 0 aliphatic carbocycles. The Bertz CT molecular complexity index is 1000. The van der Waals surface area contributed by atoms with Crippen molar-refractivity contribution >= 4 is 21.8 Å². The van der Waals surface area contributed by atoms with Crippen molar-refractivity contribution in [3.05, 3.63) is 30.5 Å². The highest BCUT2D eigenvalue weighted by Crippen LogP contribution is 2.23. The van der Waals surface area contributed by atoms with Gasteiger partial charge in [-0.3, -0.25) is 0 Å². The van der Waals surface area contributed by atoms with Crippen molar-refractivity contribution in [3.63, 3.8) is 0 Å². The quantitative estimate of drug-likeness (QED) is 0.557. The second kappa shape index (κ2) is 9.09. The van der Waals surface area contributed by atoms with E-state index in [4.69, 9.17) is 0 Å². The number of nitrogens with zero attached hydrogens (tertiary/aromatic N) is 4. The predicted octanol–water partition coefficient (Wildman–Crippen LogP) is 1.72. The smallest absolute Gasteiger partial charge is 0.242 e. The Kier molecular flexibility index (Phi) is 6.87. The van der Waals surface area contributed by atoms with E-state index in [0.717, 1.165) is 44.1 Å². The van der Waals surface area contributed by atoms with Crippen molar-refractivity contribution < 1.29 is 17.9 Å². The lowest BCUT2D eigenvalue weighted by Crippen LogP contribution is -2.40. The number of aliphatic hydroxyl groups excluding tert-OH is 1. The fourth-order valence-corrected chi connectivity index (χ4v) is 4.44. The number of pyridine rings is 1. The Morgan fingerprint density at radius 1 is 1.32 bits per heavy atom. The summed E-state index contributed by atoms with van der Waals surface area (Å²) in [5.74, 6) is 0.228. The fraction of sp³-hybridized carbons (Fsp3) is 0.600. The van der Waals surface area contributed by atoms with E-state index in [0.29, 0.717) is 0 Å². The Hall–Kier alpha value is -2.24. The molecule has 1 aliphatic rings. The molecule has 0 amide bonds. The highest BCUT2D eigenvalue weighted by atomic mass is 32.2. The third-order valence-corrected chi connectivity index (χ3v) is 7.26. The van der Waals surface area contributed by atoms with Gasteiger partial charge in [0.05, 0.1) is 6.10 Å². The molecule has 1 aliphatic heterocycles. The minimum atomic E-state index is -3.94. The number of hydrogen-bond acceptors (Lipinski definition) is 7. The van der Waals surface area contributed by atoms with Gasteiger partial charge in [0.15, 0.2) is 11.6 Å². The lowest BCUT2D eigenvalue weighted by atomic mass is 9.88. The normalized spacial score (nSPS) is 17.0. The van der Waals surface area contributed by atoms with Gasteiger partial charge in [-0.2, -0.15) is 0 Å². The number of rotatable bonds is 8. The van der Waals surface area contributed by atoms with Crippen LogP contribution in [0.15, 0.2) is 29.6 Å². The maximum atomic E-state index is 14.6. The Labute approximate surface area is 182 Å². The van der Waals surface area contributed by atoms with E-state index in [2.05, 4.69) is 24.9 Å². The van der Waals surface area contributed by atoms with Gasteiger partial charge in [0.1, 0.15) is 4.90 Å². The predicted molar refractivity (Wildman–Crippen MR) is 117 cm³/mol. The summed E-state index contributed by atoms with van der Waals surface area (Å²) in [7, 11) is -2.00. The first-order valence-corrected chi connectivity index (χ1v) is 11.8. The molecule has 3 N–H and O–H groups in total. The van der Waals surface area contributed by atoms with Gasteiger partial charge in [-0.15, -0.1) is 0 Å². The first-order chi connectivity index (χ1) is 14.5. The zero-order valence-electron chi connectivity index (χ0n) is 18.3. The number of piperidine rings is 1. The second-order valence-corrected chi connectivity index (χ2v) is 10.5. The SMILES string of the molecule is CC(O)C(C)(C)CNS(=O)(=O)c1cnc(NC2CCN(c3nccn3C)CC2)c(F)c1. The van der Waals surface area contributed by atoms with Crippen molar-refractivity contribution in [3.8, 4) is 0 Å². The first kappa shape index (κ1) is 23.4. The molecule has 0 radical (unpaired) electrons. The highest BCUT2D eigenvalue weighted by molar-refractivity contribution is 7.89. The van der Waals surface area contributed by atoms with Crippen LogP contribution in [0.1, 0.15) is 33.6 Å². The van der Waals surface area contributed by atoms with Crippen LogP contribution in [0.25, 0.3) is 0 Å². The van der Waals surface area contributed by atoms with Gasteiger partial charge >= 0.3 is 0 Å². The number of nitrogens with one attached hydrogen (secondary N) is 2. The summed E-state index contributed by atoms with van der Waals surface area (Å²) in [6.07, 6.45) is 5.66. The molecular formula is C20H31FN6O3S. The molecule has 1 saturated heterocycles. The summed E-state index contributed by atoms with van der Waals surface area (Å²) >= 11 is 0. The van der Waals surface area contributed by atoms with Crippen LogP contribution < -0.4 is 14.9 Å². The van der Waals surface area contributed by atoms with Crippen LogP contribution in [0, 0.1) is 11.2 Å². The van der Waals surface area contributed by atoms with E-state index < -0.39 is 27.4 Å². The van der Waals surface area contributed by atoms with Crippen LogP contribution in [0.3, 0.4) is 0 Å². The van der Waals surface area contributed by atoms with Crippen molar-refractivity contribution in [2.24, 2.45) is 12.5 Å². The molecule has 172 valence electrons. The molecule has 2 aromatic rings. The largest absolute Gasteiger partial charge is 0.393 e. The number of anilines is 2. The van der Waals surface area contributed by atoms with E-state index in [-0.39, 0.29) is 23.3 Å². The molecule has 0 bridgehead atoms. The number of imidazole rings is 1. The number of halogens is 1. The van der Waals surface area contributed by atoms with Gasteiger partial charge < -0.3 is 19.9 Å². The number of sulfonamides is 1. The number of aryl methyl sites for hydroxylation is 1. The number of hydrogen-bond donors (Lipinski definition) is 3. The highest BCUT2D eigenvalue weighted by Gasteiger charge is 2.28. The zero-order valence-corrected chi connectivity index (χ0v) is 19.2. The summed E-state index contributed by atoms with van der Waals surface area (Å²) in [5, 5.41) is 12.8. The molecule has 1 fully saturated rings. The average Bonchev–Trinajstić information content (AvgIpc) is 3.14. The van der Waals surface area contributed by atoms with E-state index in [1.54, 1.807) is 27.0 Å². The molecule has 0 saturated carbocycles. The van der Waals surface area contributed by atoms with Crippen molar-refractivity contribution in [1.82, 2.24) is 19.3 Å². The Morgan fingerprint density at radius 2 is 2.00 bits per heavy atom. The van der Waals surface area contributed by atoms with Crippen LogP contribution in [0.2, 0.25) is 0 Å². The molecule has 0 spiro atoms. The molecule has 9 nitrogen and oxygen atoms in total. The average molecular weight is 455 g/mol. The van der Waals surface area contributed by atoms with E-state index in [9.17, 15) is 17.9 Å².